The summed E-state index contributed by atoms with van der Waals surface area (Å²) in [6.07, 6.45) is 3.42. The summed E-state index contributed by atoms with van der Waals surface area (Å²) in [7, 11) is 1.60. The first kappa shape index (κ1) is 11.5. The van der Waals surface area contributed by atoms with Crippen molar-refractivity contribution in [3.8, 4) is 5.88 Å². The van der Waals surface area contributed by atoms with Crippen LogP contribution in [0.5, 0.6) is 5.88 Å². The molecule has 15 heavy (non-hydrogen) atoms. The number of methoxy groups -OCH3 is 1. The van der Waals surface area contributed by atoms with E-state index < -0.39 is 0 Å². The van der Waals surface area contributed by atoms with Crippen molar-refractivity contribution in [3.63, 3.8) is 0 Å². The van der Waals surface area contributed by atoms with Crippen LogP contribution >= 0.6 is 0 Å². The molecule has 82 valence electrons. The number of amidine groups is 1. The zero-order chi connectivity index (χ0) is 11.1. The molecule has 0 aromatic carbocycles. The number of ether oxygens (including phenoxy) is 1. The summed E-state index contributed by atoms with van der Waals surface area (Å²) in [4.78, 5) is 8.31. The van der Waals surface area contributed by atoms with Crippen molar-refractivity contribution in [2.75, 3.05) is 13.7 Å². The fourth-order valence-corrected chi connectivity index (χ4v) is 1.16. The van der Waals surface area contributed by atoms with Crippen LogP contribution in [0.2, 0.25) is 0 Å². The van der Waals surface area contributed by atoms with Crippen molar-refractivity contribution >= 4 is 5.84 Å². The first-order valence-corrected chi connectivity index (χ1v) is 5.04. The van der Waals surface area contributed by atoms with Gasteiger partial charge in [0.05, 0.1) is 12.9 Å². The molecule has 0 atom stereocenters. The van der Waals surface area contributed by atoms with Gasteiger partial charge in [0.2, 0.25) is 5.88 Å². The highest BCUT2D eigenvalue weighted by Crippen LogP contribution is 2.06. The molecule has 0 radical (unpaired) electrons. The molecule has 0 spiro atoms. The summed E-state index contributed by atoms with van der Waals surface area (Å²) in [5.41, 5.74) is 6.80. The Labute approximate surface area is 90.2 Å². The second kappa shape index (κ2) is 6.01. The molecule has 0 saturated heterocycles. The van der Waals surface area contributed by atoms with Crippen LogP contribution in [0.4, 0.5) is 0 Å². The SMILES string of the molecule is CCCN=C(N)Cc1ccc(OC)nc1. The van der Waals surface area contributed by atoms with E-state index in [9.17, 15) is 0 Å². The summed E-state index contributed by atoms with van der Waals surface area (Å²) in [6.45, 7) is 2.86. The van der Waals surface area contributed by atoms with E-state index in [4.69, 9.17) is 10.5 Å². The number of pyridine rings is 1. The zero-order valence-electron chi connectivity index (χ0n) is 9.23. The predicted molar refractivity (Wildman–Crippen MR) is 61.3 cm³/mol. The average molecular weight is 207 g/mol. The summed E-state index contributed by atoms with van der Waals surface area (Å²) in [5, 5.41) is 0. The van der Waals surface area contributed by atoms with Crippen molar-refractivity contribution in [3.05, 3.63) is 23.9 Å². The topological polar surface area (TPSA) is 60.5 Å². The van der Waals surface area contributed by atoms with E-state index in [1.165, 1.54) is 0 Å². The molecular formula is C11H17N3O. The number of rotatable bonds is 5. The number of aliphatic imine (C=N–C) groups is 1. The van der Waals surface area contributed by atoms with Crippen LogP contribution in [-0.2, 0) is 6.42 Å². The molecule has 1 aromatic rings. The highest BCUT2D eigenvalue weighted by atomic mass is 16.5. The Morgan fingerprint density at radius 3 is 2.87 bits per heavy atom. The normalized spacial score (nSPS) is 11.5. The van der Waals surface area contributed by atoms with Crippen molar-refractivity contribution < 1.29 is 4.74 Å². The second-order valence-corrected chi connectivity index (χ2v) is 3.26. The second-order valence-electron chi connectivity index (χ2n) is 3.26. The Kier molecular flexibility index (Phi) is 4.60. The van der Waals surface area contributed by atoms with Gasteiger partial charge in [0.25, 0.3) is 0 Å². The molecule has 1 aromatic heterocycles. The molecule has 0 saturated carbocycles. The molecule has 4 heteroatoms. The molecule has 0 bridgehead atoms. The lowest BCUT2D eigenvalue weighted by Gasteiger charge is -2.02. The Balaban J connectivity index is 2.57. The van der Waals surface area contributed by atoms with Crippen molar-refractivity contribution in [2.45, 2.75) is 19.8 Å². The van der Waals surface area contributed by atoms with Crippen molar-refractivity contribution in [1.82, 2.24) is 4.98 Å². The summed E-state index contributed by atoms with van der Waals surface area (Å²) in [6, 6.07) is 3.77. The molecule has 0 fully saturated rings. The van der Waals surface area contributed by atoms with Gasteiger partial charge in [-0.05, 0) is 12.0 Å². The molecule has 2 N–H and O–H groups in total. The lowest BCUT2D eigenvalue weighted by Crippen LogP contribution is -2.15. The van der Waals surface area contributed by atoms with Crippen LogP contribution in [-0.4, -0.2) is 24.5 Å². The van der Waals surface area contributed by atoms with Crippen LogP contribution in [0.15, 0.2) is 23.3 Å². The Bertz CT molecular complexity index is 319. The van der Waals surface area contributed by atoms with Crippen LogP contribution in [0.1, 0.15) is 18.9 Å². The molecule has 0 aliphatic rings. The van der Waals surface area contributed by atoms with Gasteiger partial charge >= 0.3 is 0 Å². The number of hydrogen-bond donors (Lipinski definition) is 1. The lowest BCUT2D eigenvalue weighted by molar-refractivity contribution is 0.397. The minimum atomic E-state index is 0.614. The smallest absolute Gasteiger partial charge is 0.212 e. The fraction of sp³-hybridized carbons (Fsp3) is 0.455. The zero-order valence-corrected chi connectivity index (χ0v) is 9.23. The molecule has 0 aliphatic heterocycles. The number of hydrogen-bond acceptors (Lipinski definition) is 3. The average Bonchev–Trinajstić information content (AvgIpc) is 2.27. The maximum Gasteiger partial charge on any atom is 0.212 e. The minimum Gasteiger partial charge on any atom is -0.481 e. The molecule has 4 nitrogen and oxygen atoms in total. The maximum atomic E-state index is 5.75. The van der Waals surface area contributed by atoms with E-state index in [1.54, 1.807) is 13.3 Å². The van der Waals surface area contributed by atoms with Gasteiger partial charge in [-0.1, -0.05) is 13.0 Å². The predicted octanol–water partition coefficient (Wildman–Crippen LogP) is 1.40. The third-order valence-corrected chi connectivity index (χ3v) is 1.93. The minimum absolute atomic E-state index is 0.614. The third kappa shape index (κ3) is 3.97. The first-order valence-electron chi connectivity index (χ1n) is 5.04. The molecular weight excluding hydrogens is 190 g/mol. The van der Waals surface area contributed by atoms with E-state index in [1.807, 2.05) is 12.1 Å². The van der Waals surface area contributed by atoms with E-state index in [0.29, 0.717) is 18.1 Å². The highest BCUT2D eigenvalue weighted by Gasteiger charge is 1.98. The van der Waals surface area contributed by atoms with E-state index in [-0.39, 0.29) is 0 Å². The molecule has 1 rings (SSSR count). The van der Waals surface area contributed by atoms with E-state index >= 15 is 0 Å². The van der Waals surface area contributed by atoms with Crippen LogP contribution in [0.3, 0.4) is 0 Å². The Hall–Kier alpha value is -1.58. The van der Waals surface area contributed by atoms with Gasteiger partial charge in [-0.25, -0.2) is 4.98 Å². The maximum absolute atomic E-state index is 5.75. The van der Waals surface area contributed by atoms with Gasteiger partial charge in [-0.2, -0.15) is 0 Å². The molecule has 0 amide bonds. The van der Waals surface area contributed by atoms with Crippen molar-refractivity contribution in [1.29, 1.82) is 0 Å². The Morgan fingerprint density at radius 2 is 2.33 bits per heavy atom. The van der Waals surface area contributed by atoms with Gasteiger partial charge < -0.3 is 10.5 Å². The largest absolute Gasteiger partial charge is 0.481 e. The monoisotopic (exact) mass is 207 g/mol. The van der Waals surface area contributed by atoms with Gasteiger partial charge in [0.1, 0.15) is 0 Å². The van der Waals surface area contributed by atoms with Crippen LogP contribution in [0, 0.1) is 0 Å². The third-order valence-electron chi connectivity index (χ3n) is 1.93. The van der Waals surface area contributed by atoms with Crippen molar-refractivity contribution in [2.24, 2.45) is 10.7 Å². The quantitative estimate of drug-likeness (QED) is 0.586. The number of nitrogens with two attached hydrogens (primary N) is 1. The molecule has 1 heterocycles. The van der Waals surface area contributed by atoms with Gasteiger partial charge in [-0.15, -0.1) is 0 Å². The first-order chi connectivity index (χ1) is 7.26. The van der Waals surface area contributed by atoms with Gasteiger partial charge in [0.15, 0.2) is 0 Å². The number of aromatic nitrogens is 1. The van der Waals surface area contributed by atoms with Gasteiger partial charge in [-0.3, -0.25) is 4.99 Å². The van der Waals surface area contributed by atoms with E-state index in [2.05, 4.69) is 16.9 Å². The lowest BCUT2D eigenvalue weighted by atomic mass is 10.2. The molecule has 0 aliphatic carbocycles. The van der Waals surface area contributed by atoms with Gasteiger partial charge in [0, 0.05) is 25.2 Å². The summed E-state index contributed by atoms with van der Waals surface area (Å²) < 4.78 is 4.97. The number of nitrogens with zero attached hydrogens (tertiary/aromatic N) is 2. The standard InChI is InChI=1S/C11H17N3O/c1-3-6-13-10(12)7-9-4-5-11(15-2)14-8-9/h4-5,8H,3,6-7H2,1-2H3,(H2,12,13). The Morgan fingerprint density at radius 1 is 1.53 bits per heavy atom. The van der Waals surface area contributed by atoms with E-state index in [0.717, 1.165) is 18.5 Å². The fourth-order valence-electron chi connectivity index (χ4n) is 1.16. The summed E-state index contributed by atoms with van der Waals surface area (Å²) >= 11 is 0. The van der Waals surface area contributed by atoms with Crippen LogP contribution in [0.25, 0.3) is 0 Å². The highest BCUT2D eigenvalue weighted by molar-refractivity contribution is 5.82. The summed E-state index contributed by atoms with van der Waals surface area (Å²) in [5.74, 6) is 1.27. The molecule has 0 unspecified atom stereocenters. The van der Waals surface area contributed by atoms with Crippen LogP contribution < -0.4 is 10.5 Å².